The molecule has 0 unspecified atom stereocenters. The molecule has 3 aromatic rings. The third-order valence-corrected chi connectivity index (χ3v) is 3.82. The number of thiophene rings is 1. The highest BCUT2D eigenvalue weighted by Gasteiger charge is 2.09. The number of hydrogen-bond donors (Lipinski definition) is 0. The van der Waals surface area contributed by atoms with Gasteiger partial charge in [0.05, 0.1) is 12.7 Å². The summed E-state index contributed by atoms with van der Waals surface area (Å²) in [5.74, 6) is -0.304. The molecule has 0 aliphatic carbocycles. The van der Waals surface area contributed by atoms with E-state index in [1.807, 2.05) is 24.3 Å². The van der Waals surface area contributed by atoms with Crippen molar-refractivity contribution in [3.05, 3.63) is 58.8 Å². The maximum atomic E-state index is 11.6. The molecule has 0 aliphatic heterocycles. The molecule has 0 bridgehead atoms. The highest BCUT2D eigenvalue weighted by atomic mass is 32.1. The molecule has 94 valence electrons. The average Bonchev–Trinajstić information content (AvgIpc) is 2.99. The van der Waals surface area contributed by atoms with Crippen LogP contribution in [-0.2, 0) is 4.74 Å². The summed E-state index contributed by atoms with van der Waals surface area (Å²) in [6, 6.07) is 13.9. The largest absolute Gasteiger partial charge is 0.465 e. The summed E-state index contributed by atoms with van der Waals surface area (Å²) in [5, 5.41) is 6.36. The molecule has 0 aliphatic rings. The summed E-state index contributed by atoms with van der Waals surface area (Å²) in [6.45, 7) is 0. The van der Waals surface area contributed by atoms with Gasteiger partial charge in [-0.05, 0) is 50.9 Å². The highest BCUT2D eigenvalue weighted by Crippen LogP contribution is 2.30. The van der Waals surface area contributed by atoms with Crippen molar-refractivity contribution in [2.24, 2.45) is 0 Å². The Balaban J connectivity index is 2.25. The van der Waals surface area contributed by atoms with Gasteiger partial charge in [0.1, 0.15) is 0 Å². The van der Waals surface area contributed by atoms with Crippen molar-refractivity contribution in [2.75, 3.05) is 7.11 Å². The van der Waals surface area contributed by atoms with Crippen LogP contribution in [0, 0.1) is 0 Å². The maximum absolute atomic E-state index is 11.6. The van der Waals surface area contributed by atoms with E-state index >= 15 is 0 Å². The van der Waals surface area contributed by atoms with Crippen molar-refractivity contribution < 1.29 is 9.53 Å². The lowest BCUT2D eigenvalue weighted by Crippen LogP contribution is -2.00. The monoisotopic (exact) mass is 268 g/mol. The van der Waals surface area contributed by atoms with Gasteiger partial charge in [0.2, 0.25) is 0 Å². The lowest BCUT2D eigenvalue weighted by atomic mass is 9.98. The van der Waals surface area contributed by atoms with Gasteiger partial charge in [-0.1, -0.05) is 24.3 Å². The fourth-order valence-electron chi connectivity index (χ4n) is 2.19. The van der Waals surface area contributed by atoms with Gasteiger partial charge in [-0.2, -0.15) is 11.3 Å². The molecule has 3 heteroatoms. The van der Waals surface area contributed by atoms with Crippen LogP contribution in [0.2, 0.25) is 0 Å². The van der Waals surface area contributed by atoms with E-state index in [9.17, 15) is 4.79 Å². The van der Waals surface area contributed by atoms with Crippen LogP contribution in [0.5, 0.6) is 0 Å². The molecule has 3 rings (SSSR count). The molecule has 0 saturated carbocycles. The number of carbonyl (C=O) groups excluding carboxylic acids is 1. The van der Waals surface area contributed by atoms with Crippen LogP contribution in [0.3, 0.4) is 0 Å². The first-order valence-corrected chi connectivity index (χ1v) is 6.87. The molecule has 2 aromatic carbocycles. The number of carbonyl (C=O) groups is 1. The van der Waals surface area contributed by atoms with Crippen molar-refractivity contribution in [3.8, 4) is 11.1 Å². The van der Waals surface area contributed by atoms with Crippen molar-refractivity contribution in [1.82, 2.24) is 0 Å². The van der Waals surface area contributed by atoms with Crippen LogP contribution in [-0.4, -0.2) is 13.1 Å². The van der Waals surface area contributed by atoms with Crippen molar-refractivity contribution in [2.45, 2.75) is 0 Å². The van der Waals surface area contributed by atoms with Gasteiger partial charge in [0.15, 0.2) is 0 Å². The Labute approximate surface area is 115 Å². The summed E-state index contributed by atoms with van der Waals surface area (Å²) < 4.78 is 4.78. The molecule has 0 fully saturated rings. The number of esters is 1. The maximum Gasteiger partial charge on any atom is 0.337 e. The first-order valence-electron chi connectivity index (χ1n) is 5.93. The second-order valence-electron chi connectivity index (χ2n) is 4.25. The van der Waals surface area contributed by atoms with Gasteiger partial charge in [-0.3, -0.25) is 0 Å². The third kappa shape index (κ3) is 2.13. The standard InChI is InChI=1S/C16H12O2S/c1-18-16(17)12-6-5-11-3-2-4-14(15(11)9-12)13-7-8-19-10-13/h2-10H,1H3. The van der Waals surface area contributed by atoms with Gasteiger partial charge < -0.3 is 4.74 Å². The molecule has 1 heterocycles. The third-order valence-electron chi connectivity index (χ3n) is 3.14. The summed E-state index contributed by atoms with van der Waals surface area (Å²) in [7, 11) is 1.40. The van der Waals surface area contributed by atoms with E-state index in [1.165, 1.54) is 12.7 Å². The Kier molecular flexibility index (Phi) is 3.05. The predicted octanol–water partition coefficient (Wildman–Crippen LogP) is 4.35. The summed E-state index contributed by atoms with van der Waals surface area (Å²) in [5.41, 5.74) is 2.90. The molecule has 1 aromatic heterocycles. The van der Waals surface area contributed by atoms with Crippen LogP contribution in [0.15, 0.2) is 53.2 Å². The minimum Gasteiger partial charge on any atom is -0.465 e. The van der Waals surface area contributed by atoms with Gasteiger partial charge in [-0.15, -0.1) is 0 Å². The number of benzene rings is 2. The van der Waals surface area contributed by atoms with Gasteiger partial charge in [0, 0.05) is 0 Å². The highest BCUT2D eigenvalue weighted by molar-refractivity contribution is 7.08. The number of hydrogen-bond acceptors (Lipinski definition) is 3. The van der Waals surface area contributed by atoms with Gasteiger partial charge in [-0.25, -0.2) is 4.79 Å². The molecule has 2 nitrogen and oxygen atoms in total. The van der Waals surface area contributed by atoms with Crippen molar-refractivity contribution >= 4 is 28.1 Å². The van der Waals surface area contributed by atoms with E-state index in [4.69, 9.17) is 4.74 Å². The fourth-order valence-corrected chi connectivity index (χ4v) is 2.84. The van der Waals surface area contributed by atoms with Gasteiger partial charge >= 0.3 is 5.97 Å². The molecule has 0 saturated heterocycles. The molecule has 0 N–H and O–H groups in total. The van der Waals surface area contributed by atoms with E-state index < -0.39 is 0 Å². The summed E-state index contributed by atoms with van der Waals surface area (Å²) >= 11 is 1.67. The Morgan fingerprint density at radius 3 is 2.79 bits per heavy atom. The smallest absolute Gasteiger partial charge is 0.337 e. The second-order valence-corrected chi connectivity index (χ2v) is 5.03. The summed E-state index contributed by atoms with van der Waals surface area (Å²) in [4.78, 5) is 11.6. The minimum absolute atomic E-state index is 0.304. The predicted molar refractivity (Wildman–Crippen MR) is 78.6 cm³/mol. The molecule has 19 heavy (non-hydrogen) atoms. The van der Waals surface area contributed by atoms with Crippen LogP contribution < -0.4 is 0 Å². The lowest BCUT2D eigenvalue weighted by molar-refractivity contribution is 0.0601. The Hall–Kier alpha value is -2.13. The number of fused-ring (bicyclic) bond motifs is 1. The van der Waals surface area contributed by atoms with E-state index in [1.54, 1.807) is 17.4 Å². The molecular formula is C16H12O2S. The van der Waals surface area contributed by atoms with Crippen LogP contribution in [0.25, 0.3) is 21.9 Å². The van der Waals surface area contributed by atoms with Crippen LogP contribution in [0.1, 0.15) is 10.4 Å². The first kappa shape index (κ1) is 11.9. The molecule has 0 atom stereocenters. The Bertz CT molecular complexity index is 730. The van der Waals surface area contributed by atoms with Crippen molar-refractivity contribution in [3.63, 3.8) is 0 Å². The van der Waals surface area contributed by atoms with Crippen molar-refractivity contribution in [1.29, 1.82) is 0 Å². The quantitative estimate of drug-likeness (QED) is 0.646. The fraction of sp³-hybridized carbons (Fsp3) is 0.0625. The number of rotatable bonds is 2. The lowest BCUT2D eigenvalue weighted by Gasteiger charge is -2.07. The van der Waals surface area contributed by atoms with Crippen LogP contribution >= 0.6 is 11.3 Å². The minimum atomic E-state index is -0.304. The summed E-state index contributed by atoms with van der Waals surface area (Å²) in [6.07, 6.45) is 0. The molecule has 0 amide bonds. The van der Waals surface area contributed by atoms with E-state index in [0.717, 1.165) is 16.3 Å². The zero-order valence-electron chi connectivity index (χ0n) is 10.4. The second kappa shape index (κ2) is 4.86. The topological polar surface area (TPSA) is 26.3 Å². The average molecular weight is 268 g/mol. The first-order chi connectivity index (χ1) is 9.29. The van der Waals surface area contributed by atoms with Crippen LogP contribution in [0.4, 0.5) is 0 Å². The number of methoxy groups -OCH3 is 1. The van der Waals surface area contributed by atoms with E-state index in [0.29, 0.717) is 5.56 Å². The molecule has 0 spiro atoms. The Morgan fingerprint density at radius 2 is 2.05 bits per heavy atom. The van der Waals surface area contributed by atoms with E-state index in [-0.39, 0.29) is 5.97 Å². The number of ether oxygens (including phenoxy) is 1. The van der Waals surface area contributed by atoms with Gasteiger partial charge in [0.25, 0.3) is 0 Å². The zero-order chi connectivity index (χ0) is 13.2. The molecule has 0 radical (unpaired) electrons. The SMILES string of the molecule is COC(=O)c1ccc2cccc(-c3ccsc3)c2c1. The normalized spacial score (nSPS) is 10.6. The molecular weight excluding hydrogens is 256 g/mol. The Morgan fingerprint density at radius 1 is 1.16 bits per heavy atom. The van der Waals surface area contributed by atoms with E-state index in [2.05, 4.69) is 22.9 Å². The zero-order valence-corrected chi connectivity index (χ0v) is 11.2.